The molecule has 4 nitrogen and oxygen atoms in total. The van der Waals surface area contributed by atoms with Crippen LogP contribution in [-0.4, -0.2) is 38.2 Å². The van der Waals surface area contributed by atoms with Crippen LogP contribution in [0.4, 0.5) is 13.2 Å². The van der Waals surface area contributed by atoms with Crippen molar-refractivity contribution in [3.63, 3.8) is 0 Å². The molecular weight excluding hydrogens is 319 g/mol. The largest absolute Gasteiger partial charge is 0.598 e. The number of rotatable bonds is 6. The van der Waals surface area contributed by atoms with Crippen LogP contribution in [0.2, 0.25) is 0 Å². The molecule has 1 rings (SSSR count). The minimum Gasteiger partial charge on any atom is -0.598 e. The fourth-order valence-corrected chi connectivity index (χ4v) is 3.30. The van der Waals surface area contributed by atoms with E-state index in [1.54, 1.807) is 0 Å². The van der Waals surface area contributed by atoms with Crippen LogP contribution in [0.5, 0.6) is 0 Å². The Hall–Kier alpha value is -1.25. The van der Waals surface area contributed by atoms with Gasteiger partial charge >= 0.3 is 11.9 Å². The van der Waals surface area contributed by atoms with Crippen LogP contribution in [-0.2, 0) is 21.7 Å². The molecule has 1 N–H and O–H groups in total. The van der Waals surface area contributed by atoms with E-state index in [1.165, 1.54) is 26.0 Å². The third-order valence-electron chi connectivity index (χ3n) is 3.58. The second-order valence-corrected chi connectivity index (χ2v) is 7.30. The number of carbonyl (C=O) groups is 1. The van der Waals surface area contributed by atoms with Gasteiger partial charge in [0.25, 0.3) is 0 Å². The zero-order valence-corrected chi connectivity index (χ0v) is 13.5. The predicted octanol–water partition coefficient (Wildman–Crippen LogP) is 2.76. The molecule has 0 aliphatic carbocycles. The Bertz CT molecular complexity index is 556. The van der Waals surface area contributed by atoms with Crippen molar-refractivity contribution in [3.05, 3.63) is 35.6 Å². The van der Waals surface area contributed by atoms with Crippen LogP contribution in [0.1, 0.15) is 26.3 Å². The molecule has 1 aromatic rings. The topological polar surface area (TPSA) is 63.6 Å². The molecule has 2 atom stereocenters. The fourth-order valence-electron chi connectivity index (χ4n) is 2.10. The normalized spacial score (nSPS) is 16.6. The van der Waals surface area contributed by atoms with Gasteiger partial charge in [-0.2, -0.15) is 8.78 Å². The Morgan fingerprint density at radius 3 is 2.27 bits per heavy atom. The summed E-state index contributed by atoms with van der Waals surface area (Å²) in [7, 11) is 1.10. The van der Waals surface area contributed by atoms with E-state index < -0.39 is 45.4 Å². The first-order valence-corrected chi connectivity index (χ1v) is 7.65. The Balaban J connectivity index is 3.60. The van der Waals surface area contributed by atoms with E-state index in [4.69, 9.17) is 5.11 Å². The molecule has 0 saturated carbocycles. The van der Waals surface area contributed by atoms with E-state index >= 15 is 0 Å². The van der Waals surface area contributed by atoms with Crippen LogP contribution < -0.4 is 0 Å². The van der Waals surface area contributed by atoms with Gasteiger partial charge in [0, 0.05) is 24.0 Å². The molecule has 0 heterocycles. The average molecular weight is 337 g/mol. The Morgan fingerprint density at radius 1 is 1.36 bits per heavy atom. The molecular formula is C14H18F3NO3S. The lowest BCUT2D eigenvalue weighted by atomic mass is 9.85. The van der Waals surface area contributed by atoms with Crippen LogP contribution in [0, 0.1) is 5.82 Å². The molecule has 124 valence electrons. The molecule has 0 aliphatic rings. The predicted molar refractivity (Wildman–Crippen MR) is 77.4 cm³/mol. The van der Waals surface area contributed by atoms with Crippen molar-refractivity contribution in [1.82, 2.24) is 4.31 Å². The monoisotopic (exact) mass is 337 g/mol. The lowest BCUT2D eigenvalue weighted by Crippen LogP contribution is -2.61. The number of carboxylic acid groups (broad SMARTS) is 1. The summed E-state index contributed by atoms with van der Waals surface area (Å²) in [6.45, 7) is 3.94. The number of alkyl halides is 2. The second kappa shape index (κ2) is 6.47. The molecule has 0 aromatic heterocycles. The molecule has 1 aromatic carbocycles. The van der Waals surface area contributed by atoms with Gasteiger partial charge in [-0.15, -0.1) is 4.31 Å². The van der Waals surface area contributed by atoms with Gasteiger partial charge in [-0.05, 0) is 26.8 Å². The van der Waals surface area contributed by atoms with E-state index in [1.807, 2.05) is 0 Å². The standard InChI is InChI=1S/C14H18F3NO3S/c1-9(2)22(21)18(4)13(3,14(16,17)12(19)20)10-7-5-6-8-11(10)15/h5-9H,1-4H3,(H,19,20). The van der Waals surface area contributed by atoms with Crippen molar-refractivity contribution in [2.24, 2.45) is 0 Å². The quantitative estimate of drug-likeness (QED) is 0.811. The number of hydrogen-bond donors (Lipinski definition) is 1. The zero-order chi connectivity index (χ0) is 17.3. The SMILES string of the molecule is CC(C)[S+]([O-])N(C)C(C)(c1ccccc1F)C(F)(F)C(=O)O. The van der Waals surface area contributed by atoms with Crippen molar-refractivity contribution >= 4 is 17.3 Å². The summed E-state index contributed by atoms with van der Waals surface area (Å²) in [6, 6.07) is 4.65. The Kier molecular flexibility index (Phi) is 5.53. The zero-order valence-electron chi connectivity index (χ0n) is 12.6. The van der Waals surface area contributed by atoms with Crippen LogP contribution in [0.3, 0.4) is 0 Å². The molecule has 0 bridgehead atoms. The summed E-state index contributed by atoms with van der Waals surface area (Å²) in [4.78, 5) is 11.1. The van der Waals surface area contributed by atoms with Gasteiger partial charge in [0.05, 0.1) is 0 Å². The molecule has 0 fully saturated rings. The first kappa shape index (κ1) is 18.8. The number of benzene rings is 1. The Morgan fingerprint density at radius 2 is 1.86 bits per heavy atom. The number of carboxylic acids is 1. The Labute approximate surface area is 130 Å². The van der Waals surface area contributed by atoms with Crippen molar-refractivity contribution in [1.29, 1.82) is 0 Å². The van der Waals surface area contributed by atoms with Gasteiger partial charge in [0.15, 0.2) is 5.54 Å². The van der Waals surface area contributed by atoms with Gasteiger partial charge in [-0.25, -0.2) is 9.18 Å². The van der Waals surface area contributed by atoms with Gasteiger partial charge < -0.3 is 9.66 Å². The smallest absolute Gasteiger partial charge is 0.377 e. The van der Waals surface area contributed by atoms with E-state index in [0.29, 0.717) is 4.31 Å². The van der Waals surface area contributed by atoms with Crippen molar-refractivity contribution in [3.8, 4) is 0 Å². The number of hydrogen-bond acceptors (Lipinski definition) is 3. The highest BCUT2D eigenvalue weighted by atomic mass is 32.2. The molecule has 0 spiro atoms. The minimum absolute atomic E-state index is 0.529. The third kappa shape index (κ3) is 2.95. The maximum Gasteiger partial charge on any atom is 0.377 e. The maximum absolute atomic E-state index is 14.4. The van der Waals surface area contributed by atoms with Crippen LogP contribution in [0.25, 0.3) is 0 Å². The molecule has 0 saturated heterocycles. The van der Waals surface area contributed by atoms with Gasteiger partial charge in [0.2, 0.25) is 0 Å². The number of halogens is 3. The van der Waals surface area contributed by atoms with E-state index in [0.717, 1.165) is 26.1 Å². The molecule has 0 amide bonds. The molecule has 0 radical (unpaired) electrons. The minimum atomic E-state index is -4.35. The molecule has 0 aliphatic heterocycles. The van der Waals surface area contributed by atoms with E-state index in [2.05, 4.69) is 0 Å². The summed E-state index contributed by atoms with van der Waals surface area (Å²) >= 11 is -1.93. The van der Waals surface area contributed by atoms with Crippen molar-refractivity contribution in [2.45, 2.75) is 37.5 Å². The van der Waals surface area contributed by atoms with Crippen LogP contribution in [0.15, 0.2) is 24.3 Å². The molecule has 8 heteroatoms. The molecule has 2 unspecified atom stereocenters. The van der Waals surface area contributed by atoms with Gasteiger partial charge in [0.1, 0.15) is 11.1 Å². The van der Waals surface area contributed by atoms with Gasteiger partial charge in [-0.3, -0.25) is 0 Å². The summed E-state index contributed by atoms with van der Waals surface area (Å²) in [6.07, 6.45) is 0. The average Bonchev–Trinajstić information content (AvgIpc) is 2.44. The number of nitrogens with zero attached hydrogens (tertiary/aromatic N) is 1. The van der Waals surface area contributed by atoms with Crippen molar-refractivity contribution in [2.75, 3.05) is 7.05 Å². The van der Waals surface area contributed by atoms with Crippen LogP contribution >= 0.6 is 0 Å². The third-order valence-corrected chi connectivity index (χ3v) is 5.29. The summed E-state index contributed by atoms with van der Waals surface area (Å²) in [5, 5.41) is 8.36. The lowest BCUT2D eigenvalue weighted by molar-refractivity contribution is -0.185. The maximum atomic E-state index is 14.4. The highest BCUT2D eigenvalue weighted by Crippen LogP contribution is 2.44. The van der Waals surface area contributed by atoms with Crippen molar-refractivity contribution < 1.29 is 27.6 Å². The highest BCUT2D eigenvalue weighted by Gasteiger charge is 2.64. The molecule has 22 heavy (non-hydrogen) atoms. The first-order valence-electron chi connectivity index (χ1n) is 6.48. The first-order chi connectivity index (χ1) is 9.97. The van der Waals surface area contributed by atoms with Gasteiger partial charge in [-0.1, -0.05) is 18.2 Å². The summed E-state index contributed by atoms with van der Waals surface area (Å²) in [5.74, 6) is -7.75. The lowest BCUT2D eigenvalue weighted by Gasteiger charge is -2.42. The number of aliphatic carboxylic acids is 1. The summed E-state index contributed by atoms with van der Waals surface area (Å²) in [5.41, 5.74) is -3.14. The second-order valence-electron chi connectivity index (χ2n) is 5.25. The fraction of sp³-hybridized carbons (Fsp3) is 0.500. The van der Waals surface area contributed by atoms with E-state index in [-0.39, 0.29) is 0 Å². The van der Waals surface area contributed by atoms with E-state index in [9.17, 15) is 22.5 Å². The highest BCUT2D eigenvalue weighted by molar-refractivity contribution is 7.89. The summed E-state index contributed by atoms with van der Waals surface area (Å²) < 4.78 is 55.8.